The number of allylic oxidation sites excluding steroid dienone is 1. The lowest BCUT2D eigenvalue weighted by molar-refractivity contribution is -0.170. The molecule has 0 unspecified atom stereocenters. The van der Waals surface area contributed by atoms with E-state index in [2.05, 4.69) is 16.8 Å². The van der Waals surface area contributed by atoms with Gasteiger partial charge >= 0.3 is 0 Å². The van der Waals surface area contributed by atoms with Gasteiger partial charge in [-0.25, -0.2) is 0 Å². The van der Waals surface area contributed by atoms with E-state index in [1.807, 2.05) is 24.9 Å². The minimum Gasteiger partial charge on any atom is -0.459 e. The van der Waals surface area contributed by atoms with E-state index in [0.29, 0.717) is 24.8 Å². The SMILES string of the molecule is CCO[C@@H]1OC(C(=O)N(C)C2CCCCC2)=C[C@H](c2ccsc2)[C@@H]1CCCO. The van der Waals surface area contributed by atoms with E-state index in [9.17, 15) is 9.90 Å². The summed E-state index contributed by atoms with van der Waals surface area (Å²) in [4.78, 5) is 15.1. The summed E-state index contributed by atoms with van der Waals surface area (Å²) in [6, 6.07) is 2.40. The van der Waals surface area contributed by atoms with Crippen LogP contribution < -0.4 is 0 Å². The highest BCUT2D eigenvalue weighted by Gasteiger charge is 2.39. The van der Waals surface area contributed by atoms with Crippen LogP contribution in [0.4, 0.5) is 0 Å². The molecule has 6 heteroatoms. The zero-order valence-electron chi connectivity index (χ0n) is 17.0. The van der Waals surface area contributed by atoms with Gasteiger partial charge in [0.25, 0.3) is 5.91 Å². The van der Waals surface area contributed by atoms with E-state index in [0.717, 1.165) is 19.3 Å². The summed E-state index contributed by atoms with van der Waals surface area (Å²) >= 11 is 1.66. The molecule has 2 heterocycles. The molecular weight excluding hydrogens is 374 g/mol. The minimum absolute atomic E-state index is 0.0440. The molecule has 1 N–H and O–H groups in total. The molecule has 0 bridgehead atoms. The fourth-order valence-electron chi connectivity index (χ4n) is 4.41. The average Bonchev–Trinajstić information content (AvgIpc) is 3.27. The molecule has 0 aromatic carbocycles. The van der Waals surface area contributed by atoms with Crippen molar-refractivity contribution in [2.24, 2.45) is 5.92 Å². The Hall–Kier alpha value is -1.37. The van der Waals surface area contributed by atoms with Crippen LogP contribution in [-0.2, 0) is 14.3 Å². The second kappa shape index (κ2) is 10.4. The highest BCUT2D eigenvalue weighted by atomic mass is 32.1. The van der Waals surface area contributed by atoms with Crippen LogP contribution in [0.5, 0.6) is 0 Å². The molecule has 0 radical (unpaired) electrons. The summed E-state index contributed by atoms with van der Waals surface area (Å²) in [6.45, 7) is 2.61. The minimum atomic E-state index is -0.467. The number of likely N-dealkylation sites (N-methyl/N-ethyl adjacent to an activating group) is 1. The second-order valence-corrected chi connectivity index (χ2v) is 8.57. The molecule has 1 aliphatic carbocycles. The third kappa shape index (κ3) is 4.97. The summed E-state index contributed by atoms with van der Waals surface area (Å²) in [5, 5.41) is 13.5. The van der Waals surface area contributed by atoms with E-state index in [1.165, 1.54) is 24.8 Å². The van der Waals surface area contributed by atoms with Gasteiger partial charge in [0.1, 0.15) is 0 Å². The Morgan fingerprint density at radius 2 is 2.14 bits per heavy atom. The Bertz CT molecular complexity index is 639. The Morgan fingerprint density at radius 3 is 2.79 bits per heavy atom. The molecule has 1 aliphatic heterocycles. The third-order valence-electron chi connectivity index (χ3n) is 5.99. The summed E-state index contributed by atoms with van der Waals surface area (Å²) in [7, 11) is 1.90. The molecule has 1 amide bonds. The van der Waals surface area contributed by atoms with Crippen molar-refractivity contribution in [1.29, 1.82) is 0 Å². The fraction of sp³-hybridized carbons (Fsp3) is 0.682. The number of ether oxygens (including phenoxy) is 2. The van der Waals surface area contributed by atoms with Gasteiger partial charge in [-0.1, -0.05) is 19.3 Å². The van der Waals surface area contributed by atoms with Crippen molar-refractivity contribution < 1.29 is 19.4 Å². The zero-order valence-corrected chi connectivity index (χ0v) is 17.8. The highest BCUT2D eigenvalue weighted by molar-refractivity contribution is 7.08. The summed E-state index contributed by atoms with van der Waals surface area (Å²) < 4.78 is 12.0. The van der Waals surface area contributed by atoms with Crippen molar-refractivity contribution in [3.63, 3.8) is 0 Å². The molecule has 5 nitrogen and oxygen atoms in total. The van der Waals surface area contributed by atoms with Crippen LogP contribution in [0.2, 0.25) is 0 Å². The number of aliphatic hydroxyl groups is 1. The monoisotopic (exact) mass is 407 g/mol. The number of amides is 1. The molecule has 1 aromatic heterocycles. The Kier molecular flexibility index (Phi) is 7.94. The van der Waals surface area contributed by atoms with Crippen LogP contribution in [0, 0.1) is 5.92 Å². The van der Waals surface area contributed by atoms with Gasteiger partial charge in [-0.3, -0.25) is 4.79 Å². The van der Waals surface area contributed by atoms with Crippen molar-refractivity contribution >= 4 is 17.2 Å². The number of thiophene rings is 1. The maximum Gasteiger partial charge on any atom is 0.288 e. The average molecular weight is 408 g/mol. The summed E-state index contributed by atoms with van der Waals surface area (Å²) in [5.74, 6) is 0.500. The lowest BCUT2D eigenvalue weighted by Gasteiger charge is -2.38. The van der Waals surface area contributed by atoms with Gasteiger partial charge in [0.2, 0.25) is 6.29 Å². The van der Waals surface area contributed by atoms with Gasteiger partial charge in [-0.2, -0.15) is 11.3 Å². The van der Waals surface area contributed by atoms with Crippen molar-refractivity contribution in [3.05, 3.63) is 34.2 Å². The quantitative estimate of drug-likeness (QED) is 0.698. The Labute approximate surface area is 172 Å². The number of aliphatic hydroxyl groups excluding tert-OH is 1. The number of carbonyl (C=O) groups excluding carboxylic acids is 1. The van der Waals surface area contributed by atoms with Crippen molar-refractivity contribution in [1.82, 2.24) is 4.90 Å². The molecule has 28 heavy (non-hydrogen) atoms. The lowest BCUT2D eigenvalue weighted by Crippen LogP contribution is -2.43. The van der Waals surface area contributed by atoms with E-state index in [-0.39, 0.29) is 24.3 Å². The maximum absolute atomic E-state index is 13.2. The van der Waals surface area contributed by atoms with Gasteiger partial charge in [0.05, 0.1) is 0 Å². The van der Waals surface area contributed by atoms with Crippen LogP contribution in [0.1, 0.15) is 63.4 Å². The second-order valence-electron chi connectivity index (χ2n) is 7.79. The predicted octanol–water partition coefficient (Wildman–Crippen LogP) is 4.29. The Balaban J connectivity index is 1.85. The number of hydrogen-bond acceptors (Lipinski definition) is 5. The summed E-state index contributed by atoms with van der Waals surface area (Å²) in [6.07, 6.45) is 8.77. The van der Waals surface area contributed by atoms with Crippen LogP contribution in [0.3, 0.4) is 0 Å². The fourth-order valence-corrected chi connectivity index (χ4v) is 5.12. The smallest absolute Gasteiger partial charge is 0.288 e. The van der Waals surface area contributed by atoms with Crippen molar-refractivity contribution in [3.8, 4) is 0 Å². The van der Waals surface area contributed by atoms with Gasteiger partial charge in [0, 0.05) is 38.1 Å². The van der Waals surface area contributed by atoms with E-state index in [4.69, 9.17) is 9.47 Å². The molecule has 3 rings (SSSR count). The largest absolute Gasteiger partial charge is 0.459 e. The number of rotatable bonds is 8. The number of carbonyl (C=O) groups is 1. The van der Waals surface area contributed by atoms with Gasteiger partial charge < -0.3 is 19.5 Å². The topological polar surface area (TPSA) is 59.0 Å². The molecular formula is C22H33NO4S. The van der Waals surface area contributed by atoms with Crippen LogP contribution in [0.15, 0.2) is 28.7 Å². The Morgan fingerprint density at radius 1 is 1.36 bits per heavy atom. The van der Waals surface area contributed by atoms with Gasteiger partial charge in [-0.05, 0) is 61.1 Å². The number of nitrogens with zero attached hydrogens (tertiary/aromatic N) is 1. The predicted molar refractivity (Wildman–Crippen MR) is 111 cm³/mol. The first-order chi connectivity index (χ1) is 13.7. The first kappa shape index (κ1) is 21.3. The molecule has 0 saturated heterocycles. The van der Waals surface area contributed by atoms with Crippen molar-refractivity contribution in [2.45, 2.75) is 70.1 Å². The molecule has 2 aliphatic rings. The zero-order chi connectivity index (χ0) is 19.9. The van der Waals surface area contributed by atoms with Gasteiger partial charge in [0.15, 0.2) is 5.76 Å². The van der Waals surface area contributed by atoms with E-state index < -0.39 is 6.29 Å². The maximum atomic E-state index is 13.2. The van der Waals surface area contributed by atoms with Gasteiger partial charge in [-0.15, -0.1) is 0 Å². The summed E-state index contributed by atoms with van der Waals surface area (Å²) in [5.41, 5.74) is 1.19. The van der Waals surface area contributed by atoms with E-state index in [1.54, 1.807) is 11.3 Å². The number of hydrogen-bond donors (Lipinski definition) is 1. The molecule has 1 saturated carbocycles. The standard InChI is InChI=1S/C22H33NO4S/c1-3-26-22-18(10-7-12-24)19(16-11-13-28-15-16)14-20(27-22)21(25)23(2)17-8-5-4-6-9-17/h11,13-15,17-19,22,24H,3-10,12H2,1-2H3/t18-,19+,22+/m0/s1. The van der Waals surface area contributed by atoms with Crippen LogP contribution in [0.25, 0.3) is 0 Å². The molecule has 3 atom stereocenters. The van der Waals surface area contributed by atoms with Crippen LogP contribution >= 0.6 is 11.3 Å². The van der Waals surface area contributed by atoms with E-state index >= 15 is 0 Å². The molecule has 1 aromatic rings. The first-order valence-electron chi connectivity index (χ1n) is 10.6. The molecule has 0 spiro atoms. The highest BCUT2D eigenvalue weighted by Crippen LogP contribution is 2.40. The first-order valence-corrected chi connectivity index (χ1v) is 11.5. The molecule has 1 fully saturated rings. The normalized spacial score (nSPS) is 25.8. The lowest BCUT2D eigenvalue weighted by atomic mass is 9.81. The third-order valence-corrected chi connectivity index (χ3v) is 6.69. The van der Waals surface area contributed by atoms with Crippen molar-refractivity contribution in [2.75, 3.05) is 20.3 Å². The molecule has 156 valence electrons. The van der Waals surface area contributed by atoms with Crippen LogP contribution in [-0.4, -0.2) is 48.5 Å².